The van der Waals surface area contributed by atoms with Crippen LogP contribution in [-0.2, 0) is 4.79 Å². The van der Waals surface area contributed by atoms with Crippen molar-refractivity contribution < 1.29 is 19.1 Å². The van der Waals surface area contributed by atoms with E-state index in [0.717, 1.165) is 16.6 Å². The van der Waals surface area contributed by atoms with Crippen molar-refractivity contribution in [3.05, 3.63) is 66.7 Å². The fraction of sp³-hybridized carbons (Fsp3) is 0.207. The number of piperazine rings is 1. The van der Waals surface area contributed by atoms with E-state index in [1.807, 2.05) is 41.3 Å². The normalized spacial score (nSPS) is 13.5. The number of rotatable bonds is 7. The van der Waals surface area contributed by atoms with E-state index in [9.17, 15) is 9.59 Å². The molecule has 1 aliphatic heterocycles. The van der Waals surface area contributed by atoms with Crippen molar-refractivity contribution in [2.75, 3.05) is 45.3 Å². The van der Waals surface area contributed by atoms with E-state index in [0.29, 0.717) is 65.9 Å². The van der Waals surface area contributed by atoms with Crippen molar-refractivity contribution in [2.45, 2.75) is 0 Å². The van der Waals surface area contributed by atoms with Gasteiger partial charge in [-0.3, -0.25) is 9.59 Å². The fourth-order valence-corrected chi connectivity index (χ4v) is 5.49. The van der Waals surface area contributed by atoms with E-state index in [-0.39, 0.29) is 5.56 Å². The third kappa shape index (κ3) is 4.31. The molecule has 0 saturated carbocycles. The van der Waals surface area contributed by atoms with Gasteiger partial charge in [0.25, 0.3) is 11.7 Å². The minimum Gasteiger partial charge on any atom is -0.494 e. The van der Waals surface area contributed by atoms with Crippen LogP contribution in [0.5, 0.6) is 11.5 Å². The molecule has 0 atom stereocenters. The standard InChI is InChI=1S/C29H26N10O4/c1-42-20-15-32-25(23-18(20)8-9-30-23)26-24-22(21(43-2)16-33-26)19(14-31-24)27(40)28(41)37-10-12-38(13-11-37)29-34-35-36-39(29)17-6-4-3-5-7-17/h3-9,14-16,30-31H,10-13H2,1-2H3. The highest BCUT2D eigenvalue weighted by Crippen LogP contribution is 2.37. The molecule has 1 fully saturated rings. The average molecular weight is 579 g/mol. The molecule has 0 spiro atoms. The lowest BCUT2D eigenvalue weighted by Gasteiger charge is -2.34. The summed E-state index contributed by atoms with van der Waals surface area (Å²) in [5.41, 5.74) is 3.36. The van der Waals surface area contributed by atoms with E-state index in [4.69, 9.17) is 9.47 Å². The van der Waals surface area contributed by atoms with Crippen molar-refractivity contribution in [1.82, 2.24) is 45.0 Å². The Morgan fingerprint density at radius 2 is 1.58 bits per heavy atom. The van der Waals surface area contributed by atoms with E-state index in [1.54, 1.807) is 29.1 Å². The number of methoxy groups -OCH3 is 2. The largest absolute Gasteiger partial charge is 0.494 e. The third-order valence-corrected chi connectivity index (χ3v) is 7.64. The predicted molar refractivity (Wildman–Crippen MR) is 157 cm³/mol. The molecule has 1 aromatic carbocycles. The lowest BCUT2D eigenvalue weighted by molar-refractivity contribution is -0.126. The number of benzene rings is 1. The zero-order valence-corrected chi connectivity index (χ0v) is 23.3. The Morgan fingerprint density at radius 1 is 0.860 bits per heavy atom. The van der Waals surface area contributed by atoms with Crippen molar-refractivity contribution in [1.29, 1.82) is 0 Å². The van der Waals surface area contributed by atoms with Crippen LogP contribution in [0.25, 0.3) is 38.9 Å². The molecule has 6 heterocycles. The molecule has 6 aromatic rings. The number of nitrogens with zero attached hydrogens (tertiary/aromatic N) is 8. The Balaban J connectivity index is 1.16. The maximum atomic E-state index is 13.7. The van der Waals surface area contributed by atoms with Crippen molar-refractivity contribution in [3.8, 4) is 28.6 Å². The van der Waals surface area contributed by atoms with Crippen molar-refractivity contribution in [2.24, 2.45) is 0 Å². The van der Waals surface area contributed by atoms with E-state index in [2.05, 4.69) is 35.5 Å². The summed E-state index contributed by atoms with van der Waals surface area (Å²) in [7, 11) is 3.08. The highest BCUT2D eigenvalue weighted by molar-refractivity contribution is 6.45. The lowest BCUT2D eigenvalue weighted by Crippen LogP contribution is -2.51. The molecule has 1 aliphatic rings. The molecule has 216 valence electrons. The molecule has 0 unspecified atom stereocenters. The van der Waals surface area contributed by atoms with Gasteiger partial charge in [0.05, 0.1) is 54.3 Å². The molecule has 0 bridgehead atoms. The summed E-state index contributed by atoms with van der Waals surface area (Å²) in [5, 5.41) is 13.5. The number of aromatic amines is 2. The van der Waals surface area contributed by atoms with E-state index in [1.165, 1.54) is 19.5 Å². The van der Waals surface area contributed by atoms with Gasteiger partial charge in [-0.2, -0.15) is 4.68 Å². The van der Waals surface area contributed by atoms with Gasteiger partial charge in [0.15, 0.2) is 0 Å². The number of carbonyl (C=O) groups excluding carboxylic acids is 2. The zero-order chi connectivity index (χ0) is 29.5. The summed E-state index contributed by atoms with van der Waals surface area (Å²) < 4.78 is 12.7. The Labute approximate surface area is 244 Å². The maximum absolute atomic E-state index is 13.7. The zero-order valence-electron chi connectivity index (χ0n) is 23.3. The molecule has 2 N–H and O–H groups in total. The number of Topliss-reactive ketones (excluding diaryl/α,β-unsaturated/α-hetero) is 1. The quantitative estimate of drug-likeness (QED) is 0.213. The molecule has 1 amide bonds. The van der Waals surface area contributed by atoms with Crippen LogP contribution in [0.4, 0.5) is 5.95 Å². The number of nitrogens with one attached hydrogen (secondary N) is 2. The topological polar surface area (TPSA) is 160 Å². The molecular formula is C29H26N10O4. The van der Waals surface area contributed by atoms with Gasteiger partial charge in [-0.1, -0.05) is 23.3 Å². The Bertz CT molecular complexity index is 1970. The first kappa shape index (κ1) is 26.1. The molecule has 1 saturated heterocycles. The molecule has 5 aromatic heterocycles. The smallest absolute Gasteiger partial charge is 0.295 e. The van der Waals surface area contributed by atoms with Gasteiger partial charge in [-0.15, -0.1) is 0 Å². The first-order valence-electron chi connectivity index (χ1n) is 13.6. The first-order chi connectivity index (χ1) is 21.1. The number of ether oxygens (including phenoxy) is 2. The number of amides is 1. The molecule has 0 aliphatic carbocycles. The van der Waals surface area contributed by atoms with Gasteiger partial charge in [0.1, 0.15) is 22.9 Å². The van der Waals surface area contributed by atoms with Crippen molar-refractivity contribution >= 4 is 39.4 Å². The number of pyridine rings is 2. The number of ketones is 1. The number of hydrogen-bond acceptors (Lipinski definition) is 10. The molecule has 14 heteroatoms. The average Bonchev–Trinajstić information content (AvgIpc) is 3.84. The number of hydrogen-bond donors (Lipinski definition) is 2. The monoisotopic (exact) mass is 578 g/mol. The predicted octanol–water partition coefficient (Wildman–Crippen LogP) is 2.63. The number of aromatic nitrogens is 8. The summed E-state index contributed by atoms with van der Waals surface area (Å²) in [4.78, 5) is 46.2. The van der Waals surface area contributed by atoms with Crippen LogP contribution >= 0.6 is 0 Å². The summed E-state index contributed by atoms with van der Waals surface area (Å²) in [6.07, 6.45) is 6.48. The number of anilines is 1. The summed E-state index contributed by atoms with van der Waals surface area (Å²) in [5.74, 6) is 0.323. The fourth-order valence-electron chi connectivity index (χ4n) is 5.49. The second-order valence-electron chi connectivity index (χ2n) is 9.90. The number of tetrazole rings is 1. The van der Waals surface area contributed by atoms with Crippen molar-refractivity contribution in [3.63, 3.8) is 0 Å². The highest BCUT2D eigenvalue weighted by Gasteiger charge is 2.31. The molecule has 0 radical (unpaired) electrons. The van der Waals surface area contributed by atoms with Gasteiger partial charge in [0.2, 0.25) is 5.95 Å². The Morgan fingerprint density at radius 3 is 2.33 bits per heavy atom. The van der Waals surface area contributed by atoms with Gasteiger partial charge in [0, 0.05) is 44.0 Å². The second kappa shape index (κ2) is 10.6. The highest BCUT2D eigenvalue weighted by atomic mass is 16.5. The molecule has 7 rings (SSSR count). The Kier molecular flexibility index (Phi) is 6.42. The summed E-state index contributed by atoms with van der Waals surface area (Å²) in [6, 6.07) is 11.5. The lowest BCUT2D eigenvalue weighted by atomic mass is 10.1. The van der Waals surface area contributed by atoms with Gasteiger partial charge < -0.3 is 29.2 Å². The maximum Gasteiger partial charge on any atom is 0.295 e. The van der Waals surface area contributed by atoms with Gasteiger partial charge >= 0.3 is 0 Å². The van der Waals surface area contributed by atoms with E-state index >= 15 is 0 Å². The first-order valence-corrected chi connectivity index (χ1v) is 13.6. The minimum absolute atomic E-state index is 0.201. The molecule has 43 heavy (non-hydrogen) atoms. The molecule has 14 nitrogen and oxygen atoms in total. The summed E-state index contributed by atoms with van der Waals surface area (Å²) >= 11 is 0. The number of H-pyrrole nitrogens is 2. The number of carbonyl (C=O) groups is 2. The van der Waals surface area contributed by atoms with Crippen LogP contribution in [0.1, 0.15) is 10.4 Å². The SMILES string of the molecule is COc1cnc(-c2ncc(OC)c3c(C(=O)C(=O)N4CCN(c5nnnn5-c5ccccc5)CC4)c[nH]c23)c2[nH]ccc12. The van der Waals surface area contributed by atoms with Crippen LogP contribution in [0.2, 0.25) is 0 Å². The van der Waals surface area contributed by atoms with Crippen LogP contribution in [0, 0.1) is 0 Å². The van der Waals surface area contributed by atoms with Crippen LogP contribution < -0.4 is 14.4 Å². The van der Waals surface area contributed by atoms with Crippen LogP contribution in [0.15, 0.2) is 61.2 Å². The van der Waals surface area contributed by atoms with Crippen LogP contribution in [-0.4, -0.2) is 97.1 Å². The third-order valence-electron chi connectivity index (χ3n) is 7.64. The molecular weight excluding hydrogens is 552 g/mol. The van der Waals surface area contributed by atoms with Gasteiger partial charge in [-0.25, -0.2) is 9.97 Å². The van der Waals surface area contributed by atoms with Crippen LogP contribution in [0.3, 0.4) is 0 Å². The number of fused-ring (bicyclic) bond motifs is 2. The summed E-state index contributed by atoms with van der Waals surface area (Å²) in [6.45, 7) is 1.59. The minimum atomic E-state index is -0.642. The number of para-hydroxylation sites is 1. The Hall–Kier alpha value is -5.79. The second-order valence-corrected chi connectivity index (χ2v) is 9.90. The van der Waals surface area contributed by atoms with E-state index < -0.39 is 11.7 Å². The van der Waals surface area contributed by atoms with Gasteiger partial charge in [-0.05, 0) is 28.6 Å².